The molecule has 0 aliphatic rings. The van der Waals surface area contributed by atoms with Gasteiger partial charge in [-0.15, -0.1) is 0 Å². The van der Waals surface area contributed by atoms with Gasteiger partial charge in [-0.1, -0.05) is 18.2 Å². The first-order valence-corrected chi connectivity index (χ1v) is 13.2. The van der Waals surface area contributed by atoms with Crippen molar-refractivity contribution in [3.63, 3.8) is 0 Å². The van der Waals surface area contributed by atoms with Crippen LogP contribution in [-0.2, 0) is 13.6 Å². The molecule has 11 heteroatoms. The number of primary amides is 1. The Morgan fingerprint density at radius 1 is 0.929 bits per heavy atom. The topological polar surface area (TPSA) is 143 Å². The second-order valence-electron chi connectivity index (χ2n) is 9.62. The lowest BCUT2D eigenvalue weighted by atomic mass is 10.00. The number of fused-ring (bicyclic) bond motifs is 1. The summed E-state index contributed by atoms with van der Waals surface area (Å²) in [6.45, 7) is 2.55. The van der Waals surface area contributed by atoms with Crippen LogP contribution in [0, 0.1) is 0 Å². The van der Waals surface area contributed by atoms with Crippen LogP contribution >= 0.6 is 0 Å². The molecule has 0 radical (unpaired) electrons. The van der Waals surface area contributed by atoms with Gasteiger partial charge in [-0.3, -0.25) is 14.6 Å². The zero-order valence-corrected chi connectivity index (χ0v) is 22.9. The van der Waals surface area contributed by atoms with Crippen molar-refractivity contribution < 1.29 is 9.59 Å². The maximum Gasteiger partial charge on any atom is 0.350 e. The monoisotopic (exact) mass is 558 g/mol. The van der Waals surface area contributed by atoms with Gasteiger partial charge in [0, 0.05) is 59.4 Å². The van der Waals surface area contributed by atoms with E-state index in [9.17, 15) is 14.4 Å². The van der Waals surface area contributed by atoms with Crippen LogP contribution in [-0.4, -0.2) is 40.7 Å². The summed E-state index contributed by atoms with van der Waals surface area (Å²) in [5.41, 5.74) is 10.7. The molecule has 0 spiro atoms. The third-order valence-electron chi connectivity index (χ3n) is 7.07. The van der Waals surface area contributed by atoms with Gasteiger partial charge in [0.25, 0.3) is 5.91 Å². The summed E-state index contributed by atoms with van der Waals surface area (Å²) >= 11 is 0. The quantitative estimate of drug-likeness (QED) is 0.303. The summed E-state index contributed by atoms with van der Waals surface area (Å²) in [6.07, 6.45) is 4.80. The molecule has 0 aliphatic heterocycles. The zero-order chi connectivity index (χ0) is 29.4. The van der Waals surface area contributed by atoms with E-state index in [1.165, 1.54) is 21.6 Å². The molecule has 42 heavy (non-hydrogen) atoms. The van der Waals surface area contributed by atoms with Crippen LogP contribution in [0.4, 0.5) is 5.69 Å². The molecule has 0 saturated heterocycles. The number of hydrogen-bond donors (Lipinski definition) is 2. The van der Waals surface area contributed by atoms with E-state index in [0.29, 0.717) is 23.4 Å². The molecule has 0 saturated carbocycles. The lowest BCUT2D eigenvalue weighted by Crippen LogP contribution is -2.21. The SMILES string of the molecule is CCn1c(-c2ccc(-n3cnn(C)c3=O)cc2-c2ccccn2)cc2ccnc(C(=O)Nc3cccc(C(N)=O)c3)c21. The largest absolute Gasteiger partial charge is 0.366 e. The highest BCUT2D eigenvalue weighted by Gasteiger charge is 2.21. The second kappa shape index (κ2) is 10.6. The maximum absolute atomic E-state index is 13.5. The van der Waals surface area contributed by atoms with Crippen molar-refractivity contribution in [2.45, 2.75) is 13.5 Å². The molecule has 3 N–H and O–H groups in total. The summed E-state index contributed by atoms with van der Waals surface area (Å²) < 4.78 is 4.78. The Labute approximate surface area is 239 Å². The number of carbonyl (C=O) groups excluding carboxylic acids is 2. The number of benzene rings is 2. The van der Waals surface area contributed by atoms with Gasteiger partial charge in [0.2, 0.25) is 5.91 Å². The van der Waals surface area contributed by atoms with Crippen LogP contribution in [0.3, 0.4) is 0 Å². The van der Waals surface area contributed by atoms with Gasteiger partial charge in [0.05, 0.1) is 16.9 Å². The van der Waals surface area contributed by atoms with Crippen molar-refractivity contribution in [2.75, 3.05) is 5.32 Å². The van der Waals surface area contributed by atoms with Crippen LogP contribution in [0.2, 0.25) is 0 Å². The fourth-order valence-corrected chi connectivity index (χ4v) is 5.07. The third kappa shape index (κ3) is 4.62. The fourth-order valence-electron chi connectivity index (χ4n) is 5.07. The Balaban J connectivity index is 1.50. The Kier molecular flexibility index (Phi) is 6.67. The van der Waals surface area contributed by atoms with Crippen LogP contribution in [0.25, 0.3) is 39.1 Å². The van der Waals surface area contributed by atoms with Gasteiger partial charge in [-0.2, -0.15) is 5.10 Å². The lowest BCUT2D eigenvalue weighted by Gasteiger charge is -2.15. The van der Waals surface area contributed by atoms with Crippen molar-refractivity contribution in [2.24, 2.45) is 12.8 Å². The third-order valence-corrected chi connectivity index (χ3v) is 7.07. The molecule has 0 atom stereocenters. The van der Waals surface area contributed by atoms with Crippen molar-refractivity contribution in [1.29, 1.82) is 0 Å². The number of aryl methyl sites for hydroxylation is 2. The number of nitrogens with one attached hydrogen (secondary N) is 1. The van der Waals surface area contributed by atoms with Gasteiger partial charge in [0.1, 0.15) is 6.33 Å². The normalized spacial score (nSPS) is 11.1. The van der Waals surface area contributed by atoms with Crippen molar-refractivity contribution in [1.82, 2.24) is 28.9 Å². The van der Waals surface area contributed by atoms with E-state index in [4.69, 9.17) is 5.73 Å². The standard InChI is InChI=1S/C31H26N8O3/c1-3-38-26(16-19-12-14-34-27(28(19)38)30(41)36-21-8-6-7-20(15-21)29(32)40)23-11-10-22(39-18-35-37(2)31(39)42)17-24(23)25-9-4-5-13-33-25/h4-18H,3H2,1-2H3,(H2,32,40)(H,36,41). The summed E-state index contributed by atoms with van der Waals surface area (Å²) in [5.74, 6) is -1.00. The number of anilines is 1. The van der Waals surface area contributed by atoms with Gasteiger partial charge in [-0.05, 0) is 61.5 Å². The molecule has 0 unspecified atom stereocenters. The van der Waals surface area contributed by atoms with Crippen molar-refractivity contribution in [3.8, 4) is 28.2 Å². The Morgan fingerprint density at radius 3 is 2.50 bits per heavy atom. The van der Waals surface area contributed by atoms with Crippen LogP contribution in [0.5, 0.6) is 0 Å². The van der Waals surface area contributed by atoms with Gasteiger partial charge >= 0.3 is 5.69 Å². The molecule has 6 rings (SSSR count). The molecule has 2 aromatic carbocycles. The molecular weight excluding hydrogens is 532 g/mol. The minimum atomic E-state index is -0.584. The predicted molar refractivity (Wildman–Crippen MR) is 159 cm³/mol. The van der Waals surface area contributed by atoms with E-state index < -0.39 is 11.8 Å². The van der Waals surface area contributed by atoms with Gasteiger partial charge < -0.3 is 15.6 Å². The van der Waals surface area contributed by atoms with E-state index in [2.05, 4.69) is 20.4 Å². The van der Waals surface area contributed by atoms with E-state index in [1.807, 2.05) is 60.0 Å². The second-order valence-corrected chi connectivity index (χ2v) is 9.62. The van der Waals surface area contributed by atoms with E-state index in [-0.39, 0.29) is 16.9 Å². The average Bonchev–Trinajstić information content (AvgIpc) is 3.56. The molecule has 6 aromatic rings. The lowest BCUT2D eigenvalue weighted by molar-refractivity contribution is 0.0995. The first-order chi connectivity index (χ1) is 20.4. The van der Waals surface area contributed by atoms with Gasteiger partial charge in [-0.25, -0.2) is 19.0 Å². The minimum Gasteiger partial charge on any atom is -0.366 e. The molecular formula is C31H26N8O3. The number of nitrogens with two attached hydrogens (primary N) is 1. The van der Waals surface area contributed by atoms with Crippen molar-refractivity contribution in [3.05, 3.63) is 113 Å². The molecule has 208 valence electrons. The number of amides is 2. The number of hydrogen-bond acceptors (Lipinski definition) is 6. The summed E-state index contributed by atoms with van der Waals surface area (Å²) in [4.78, 5) is 46.8. The summed E-state index contributed by atoms with van der Waals surface area (Å²) in [5, 5.41) is 7.76. The van der Waals surface area contributed by atoms with E-state index in [0.717, 1.165) is 27.9 Å². The number of pyridine rings is 2. The summed E-state index contributed by atoms with van der Waals surface area (Å²) in [7, 11) is 1.60. The van der Waals surface area contributed by atoms with Gasteiger partial charge in [0.15, 0.2) is 5.69 Å². The molecule has 0 fully saturated rings. The number of carbonyl (C=O) groups is 2. The highest BCUT2D eigenvalue weighted by molar-refractivity contribution is 6.12. The number of aromatic nitrogens is 6. The first-order valence-electron chi connectivity index (χ1n) is 13.2. The zero-order valence-electron chi connectivity index (χ0n) is 22.9. The number of rotatable bonds is 7. The smallest absolute Gasteiger partial charge is 0.350 e. The molecule has 0 bridgehead atoms. The number of nitrogens with zero attached hydrogens (tertiary/aromatic N) is 6. The van der Waals surface area contributed by atoms with Crippen LogP contribution < -0.4 is 16.7 Å². The Bertz CT molecular complexity index is 2040. The molecule has 4 heterocycles. The van der Waals surface area contributed by atoms with Crippen LogP contribution in [0.1, 0.15) is 27.8 Å². The molecule has 4 aromatic heterocycles. The summed E-state index contributed by atoms with van der Waals surface area (Å²) in [6, 6.07) is 21.7. The van der Waals surface area contributed by atoms with Crippen molar-refractivity contribution >= 4 is 28.4 Å². The maximum atomic E-state index is 13.5. The average molecular weight is 559 g/mol. The van der Waals surface area contributed by atoms with E-state index in [1.54, 1.807) is 37.6 Å². The molecule has 2 amide bonds. The minimum absolute atomic E-state index is 0.239. The van der Waals surface area contributed by atoms with E-state index >= 15 is 0 Å². The molecule has 11 nitrogen and oxygen atoms in total. The Morgan fingerprint density at radius 2 is 1.79 bits per heavy atom. The van der Waals surface area contributed by atoms with Crippen LogP contribution in [0.15, 0.2) is 96.3 Å². The highest BCUT2D eigenvalue weighted by atomic mass is 16.2. The predicted octanol–water partition coefficient (Wildman–Crippen LogP) is 4.02. The first kappa shape index (κ1) is 26.4. The highest BCUT2D eigenvalue weighted by Crippen LogP contribution is 2.37. The fraction of sp³-hybridized carbons (Fsp3) is 0.0968. The Hall–Kier alpha value is -5.84. The molecule has 0 aliphatic carbocycles.